The Kier molecular flexibility index (Phi) is 4.44. The standard InChI is InChI=1S/C24H24N2O/c1-3-16-12-13-19-22(14-16)26(15-18-9-6-5-8-17(18)4-2)21-11-7-10-20(23(19)21)24(25)27/h5-14H,3-4,15H2,1-2H3,(H2,25,27). The van der Waals surface area contributed by atoms with Gasteiger partial charge in [0.1, 0.15) is 0 Å². The van der Waals surface area contributed by atoms with E-state index in [4.69, 9.17) is 5.73 Å². The highest BCUT2D eigenvalue weighted by molar-refractivity contribution is 6.18. The van der Waals surface area contributed by atoms with Crippen molar-refractivity contribution in [2.75, 3.05) is 0 Å². The first-order chi connectivity index (χ1) is 13.1. The van der Waals surface area contributed by atoms with Crippen molar-refractivity contribution in [2.45, 2.75) is 33.2 Å². The summed E-state index contributed by atoms with van der Waals surface area (Å²) in [7, 11) is 0. The summed E-state index contributed by atoms with van der Waals surface area (Å²) >= 11 is 0. The highest BCUT2D eigenvalue weighted by Crippen LogP contribution is 2.33. The van der Waals surface area contributed by atoms with Crippen LogP contribution in [0.3, 0.4) is 0 Å². The van der Waals surface area contributed by atoms with E-state index in [0.717, 1.165) is 41.2 Å². The van der Waals surface area contributed by atoms with Crippen molar-refractivity contribution in [2.24, 2.45) is 5.73 Å². The SMILES string of the molecule is CCc1ccc2c3c(C(N)=O)cccc3n(Cc3ccccc3CC)c2c1. The van der Waals surface area contributed by atoms with Gasteiger partial charge in [0.25, 0.3) is 0 Å². The molecule has 0 saturated carbocycles. The Balaban J connectivity index is 2.05. The van der Waals surface area contributed by atoms with E-state index >= 15 is 0 Å². The molecule has 0 aliphatic carbocycles. The van der Waals surface area contributed by atoms with E-state index in [0.29, 0.717) is 5.56 Å². The third-order valence-electron chi connectivity index (χ3n) is 5.46. The summed E-state index contributed by atoms with van der Waals surface area (Å²) < 4.78 is 2.32. The second-order valence-corrected chi connectivity index (χ2v) is 6.98. The summed E-state index contributed by atoms with van der Waals surface area (Å²) in [6.07, 6.45) is 1.98. The van der Waals surface area contributed by atoms with E-state index < -0.39 is 0 Å². The number of aryl methyl sites for hydroxylation is 2. The van der Waals surface area contributed by atoms with Gasteiger partial charge in [-0.2, -0.15) is 0 Å². The third kappa shape index (κ3) is 2.89. The number of carbonyl (C=O) groups excluding carboxylic acids is 1. The minimum atomic E-state index is -0.381. The molecule has 4 aromatic rings. The Morgan fingerprint density at radius 2 is 1.67 bits per heavy atom. The molecule has 0 bridgehead atoms. The molecule has 4 rings (SSSR count). The predicted molar refractivity (Wildman–Crippen MR) is 112 cm³/mol. The topological polar surface area (TPSA) is 48.0 Å². The van der Waals surface area contributed by atoms with Gasteiger partial charge in [-0.15, -0.1) is 0 Å². The van der Waals surface area contributed by atoms with Gasteiger partial charge in [0.05, 0.1) is 5.52 Å². The number of hydrogen-bond donors (Lipinski definition) is 1. The van der Waals surface area contributed by atoms with Gasteiger partial charge in [-0.3, -0.25) is 4.79 Å². The number of fused-ring (bicyclic) bond motifs is 3. The molecule has 0 unspecified atom stereocenters. The molecule has 3 heteroatoms. The smallest absolute Gasteiger partial charge is 0.249 e. The minimum absolute atomic E-state index is 0.381. The van der Waals surface area contributed by atoms with Crippen LogP contribution in [0.4, 0.5) is 0 Å². The van der Waals surface area contributed by atoms with Crippen LogP contribution in [-0.2, 0) is 19.4 Å². The normalized spacial score (nSPS) is 11.3. The molecule has 0 aliphatic rings. The third-order valence-corrected chi connectivity index (χ3v) is 5.46. The fourth-order valence-electron chi connectivity index (χ4n) is 4.01. The number of carbonyl (C=O) groups is 1. The van der Waals surface area contributed by atoms with Crippen molar-refractivity contribution in [3.05, 3.63) is 82.9 Å². The van der Waals surface area contributed by atoms with Gasteiger partial charge < -0.3 is 10.3 Å². The van der Waals surface area contributed by atoms with Crippen LogP contribution in [-0.4, -0.2) is 10.5 Å². The number of benzene rings is 3. The zero-order valence-electron chi connectivity index (χ0n) is 15.8. The van der Waals surface area contributed by atoms with E-state index in [1.165, 1.54) is 16.7 Å². The van der Waals surface area contributed by atoms with Crippen molar-refractivity contribution in [1.29, 1.82) is 0 Å². The number of amides is 1. The highest BCUT2D eigenvalue weighted by Gasteiger charge is 2.17. The average Bonchev–Trinajstić information content (AvgIpc) is 3.01. The van der Waals surface area contributed by atoms with Crippen molar-refractivity contribution in [3.63, 3.8) is 0 Å². The molecule has 0 aliphatic heterocycles. The summed E-state index contributed by atoms with van der Waals surface area (Å²) in [5, 5.41) is 2.04. The van der Waals surface area contributed by atoms with E-state index in [9.17, 15) is 4.79 Å². The van der Waals surface area contributed by atoms with Gasteiger partial charge in [-0.25, -0.2) is 0 Å². The number of hydrogen-bond acceptors (Lipinski definition) is 1. The van der Waals surface area contributed by atoms with Gasteiger partial charge in [-0.05, 0) is 47.7 Å². The van der Waals surface area contributed by atoms with E-state index in [2.05, 4.69) is 66.9 Å². The molecule has 1 amide bonds. The van der Waals surface area contributed by atoms with Crippen molar-refractivity contribution < 1.29 is 4.79 Å². The fourth-order valence-corrected chi connectivity index (χ4v) is 4.01. The van der Waals surface area contributed by atoms with Gasteiger partial charge >= 0.3 is 0 Å². The molecule has 1 heterocycles. The molecule has 3 nitrogen and oxygen atoms in total. The van der Waals surface area contributed by atoms with Crippen LogP contribution in [0.2, 0.25) is 0 Å². The first-order valence-electron chi connectivity index (χ1n) is 9.54. The largest absolute Gasteiger partial charge is 0.366 e. The lowest BCUT2D eigenvalue weighted by atomic mass is 10.0. The Labute approximate surface area is 159 Å². The van der Waals surface area contributed by atoms with Crippen LogP contribution in [0.15, 0.2) is 60.7 Å². The molecule has 27 heavy (non-hydrogen) atoms. The maximum atomic E-state index is 12.1. The van der Waals surface area contributed by atoms with Crippen LogP contribution in [0.5, 0.6) is 0 Å². The lowest BCUT2D eigenvalue weighted by molar-refractivity contribution is 0.100. The lowest BCUT2D eigenvalue weighted by Crippen LogP contribution is -2.11. The number of nitrogens with zero attached hydrogens (tertiary/aromatic N) is 1. The van der Waals surface area contributed by atoms with Crippen molar-refractivity contribution in [3.8, 4) is 0 Å². The number of aromatic nitrogens is 1. The Morgan fingerprint density at radius 3 is 2.37 bits per heavy atom. The first kappa shape index (κ1) is 17.3. The molecule has 1 aromatic heterocycles. The quantitative estimate of drug-likeness (QED) is 0.533. The summed E-state index contributed by atoms with van der Waals surface area (Å²) in [6.45, 7) is 5.12. The molecular formula is C24H24N2O. The number of rotatable bonds is 5. The molecule has 2 N–H and O–H groups in total. The summed E-state index contributed by atoms with van der Waals surface area (Å²) in [5.41, 5.74) is 12.4. The molecular weight excluding hydrogens is 332 g/mol. The van der Waals surface area contributed by atoms with Gasteiger partial charge in [0.15, 0.2) is 0 Å². The zero-order valence-corrected chi connectivity index (χ0v) is 15.8. The monoisotopic (exact) mass is 356 g/mol. The summed E-state index contributed by atoms with van der Waals surface area (Å²) in [6, 6.07) is 20.9. The van der Waals surface area contributed by atoms with Crippen LogP contribution in [0, 0.1) is 0 Å². The van der Waals surface area contributed by atoms with Crippen LogP contribution >= 0.6 is 0 Å². The molecule has 0 radical (unpaired) electrons. The van der Waals surface area contributed by atoms with Crippen molar-refractivity contribution >= 4 is 27.7 Å². The molecule has 0 saturated heterocycles. The fraction of sp³-hybridized carbons (Fsp3) is 0.208. The van der Waals surface area contributed by atoms with Gasteiger partial charge in [0.2, 0.25) is 5.91 Å². The molecule has 0 atom stereocenters. The number of nitrogens with two attached hydrogens (primary N) is 1. The second kappa shape index (κ2) is 6.92. The van der Waals surface area contributed by atoms with E-state index in [1.807, 2.05) is 12.1 Å². The van der Waals surface area contributed by atoms with Crippen LogP contribution in [0.25, 0.3) is 21.8 Å². The molecule has 0 fully saturated rings. The lowest BCUT2D eigenvalue weighted by Gasteiger charge is -2.12. The van der Waals surface area contributed by atoms with Gasteiger partial charge in [0, 0.05) is 28.4 Å². The molecule has 3 aromatic carbocycles. The Bertz CT molecular complexity index is 1150. The van der Waals surface area contributed by atoms with Crippen LogP contribution < -0.4 is 5.73 Å². The van der Waals surface area contributed by atoms with Crippen LogP contribution in [0.1, 0.15) is 40.9 Å². The second-order valence-electron chi connectivity index (χ2n) is 6.98. The first-order valence-corrected chi connectivity index (χ1v) is 9.54. The van der Waals surface area contributed by atoms with Gasteiger partial charge in [-0.1, -0.05) is 56.3 Å². The maximum Gasteiger partial charge on any atom is 0.249 e. The maximum absolute atomic E-state index is 12.1. The average molecular weight is 356 g/mol. The van der Waals surface area contributed by atoms with E-state index in [-0.39, 0.29) is 5.91 Å². The van der Waals surface area contributed by atoms with E-state index in [1.54, 1.807) is 0 Å². The van der Waals surface area contributed by atoms with Crippen molar-refractivity contribution in [1.82, 2.24) is 4.57 Å². The highest BCUT2D eigenvalue weighted by atomic mass is 16.1. The minimum Gasteiger partial charge on any atom is -0.366 e. The zero-order chi connectivity index (χ0) is 19.0. The Morgan fingerprint density at radius 1 is 0.889 bits per heavy atom. The Hall–Kier alpha value is -3.07. The summed E-state index contributed by atoms with van der Waals surface area (Å²) in [4.78, 5) is 12.1. The predicted octanol–water partition coefficient (Wildman–Crippen LogP) is 5.07. The summed E-state index contributed by atoms with van der Waals surface area (Å²) in [5.74, 6) is -0.381. The number of primary amides is 1. The molecule has 136 valence electrons. The molecule has 0 spiro atoms.